The SMILES string of the molecule is CC(C)SCc1nc(C2CCCCN2)cs1. The maximum Gasteiger partial charge on any atom is 0.103 e. The summed E-state index contributed by atoms with van der Waals surface area (Å²) in [5, 5.41) is 7.76. The maximum absolute atomic E-state index is 4.74. The van der Waals surface area contributed by atoms with Crippen molar-refractivity contribution < 1.29 is 0 Å². The lowest BCUT2D eigenvalue weighted by atomic mass is 10.0. The van der Waals surface area contributed by atoms with Gasteiger partial charge in [0.1, 0.15) is 5.01 Å². The third kappa shape index (κ3) is 3.47. The first kappa shape index (κ1) is 12.4. The van der Waals surface area contributed by atoms with E-state index in [2.05, 4.69) is 24.5 Å². The third-order valence-corrected chi connectivity index (χ3v) is 4.93. The second kappa shape index (κ2) is 6.03. The summed E-state index contributed by atoms with van der Waals surface area (Å²) in [6.07, 6.45) is 3.91. The van der Waals surface area contributed by atoms with Gasteiger partial charge in [0.15, 0.2) is 0 Å². The van der Waals surface area contributed by atoms with E-state index in [1.54, 1.807) is 0 Å². The Hall–Kier alpha value is -0.0600. The summed E-state index contributed by atoms with van der Waals surface area (Å²) < 4.78 is 0. The molecule has 1 fully saturated rings. The van der Waals surface area contributed by atoms with Gasteiger partial charge in [0.25, 0.3) is 0 Å². The predicted octanol–water partition coefficient (Wildman–Crippen LogP) is 3.60. The van der Waals surface area contributed by atoms with Gasteiger partial charge in [0, 0.05) is 11.1 Å². The Morgan fingerprint density at radius 1 is 1.56 bits per heavy atom. The van der Waals surface area contributed by atoms with Gasteiger partial charge in [-0.2, -0.15) is 11.8 Å². The molecule has 0 spiro atoms. The summed E-state index contributed by atoms with van der Waals surface area (Å²) in [5.74, 6) is 1.06. The molecule has 0 radical (unpaired) electrons. The van der Waals surface area contributed by atoms with Crippen LogP contribution in [0.25, 0.3) is 0 Å². The van der Waals surface area contributed by atoms with Crippen LogP contribution in [-0.4, -0.2) is 16.8 Å². The zero-order chi connectivity index (χ0) is 11.4. The molecule has 2 nitrogen and oxygen atoms in total. The first-order valence-corrected chi connectivity index (χ1v) is 7.98. The van der Waals surface area contributed by atoms with Crippen molar-refractivity contribution in [3.05, 3.63) is 16.1 Å². The fourth-order valence-electron chi connectivity index (χ4n) is 1.89. The summed E-state index contributed by atoms with van der Waals surface area (Å²) in [6.45, 7) is 5.63. The number of piperidine rings is 1. The molecule has 0 aromatic carbocycles. The van der Waals surface area contributed by atoms with Crippen LogP contribution in [0.3, 0.4) is 0 Å². The number of nitrogens with one attached hydrogen (secondary N) is 1. The summed E-state index contributed by atoms with van der Waals surface area (Å²) in [6, 6.07) is 0.516. The van der Waals surface area contributed by atoms with Crippen molar-refractivity contribution in [1.82, 2.24) is 10.3 Å². The van der Waals surface area contributed by atoms with Crippen LogP contribution in [0.1, 0.15) is 49.9 Å². The highest BCUT2D eigenvalue weighted by atomic mass is 32.2. The van der Waals surface area contributed by atoms with Crippen molar-refractivity contribution in [2.75, 3.05) is 6.54 Å². The summed E-state index contributed by atoms with van der Waals surface area (Å²) >= 11 is 3.79. The second-order valence-electron chi connectivity index (χ2n) is 4.53. The molecule has 1 aliphatic rings. The van der Waals surface area contributed by atoms with Crippen LogP contribution in [0.15, 0.2) is 5.38 Å². The summed E-state index contributed by atoms with van der Waals surface area (Å²) in [4.78, 5) is 4.74. The fourth-order valence-corrected chi connectivity index (χ4v) is 3.54. The van der Waals surface area contributed by atoms with Crippen molar-refractivity contribution >= 4 is 23.1 Å². The molecule has 2 rings (SSSR count). The van der Waals surface area contributed by atoms with Gasteiger partial charge < -0.3 is 5.32 Å². The minimum atomic E-state index is 0.516. The highest BCUT2D eigenvalue weighted by Gasteiger charge is 2.17. The summed E-state index contributed by atoms with van der Waals surface area (Å²) in [7, 11) is 0. The molecule has 1 aromatic heterocycles. The average Bonchev–Trinajstić information content (AvgIpc) is 2.76. The van der Waals surface area contributed by atoms with Crippen LogP contribution in [-0.2, 0) is 5.75 Å². The lowest BCUT2D eigenvalue weighted by Crippen LogP contribution is -2.26. The molecule has 0 bridgehead atoms. The van der Waals surface area contributed by atoms with E-state index in [1.165, 1.54) is 30.0 Å². The van der Waals surface area contributed by atoms with E-state index in [0.29, 0.717) is 11.3 Å². The van der Waals surface area contributed by atoms with E-state index in [9.17, 15) is 0 Å². The number of hydrogen-bond donors (Lipinski definition) is 1. The van der Waals surface area contributed by atoms with Gasteiger partial charge in [-0.25, -0.2) is 4.98 Å². The Morgan fingerprint density at radius 3 is 3.12 bits per heavy atom. The Labute approximate surface area is 106 Å². The number of thioether (sulfide) groups is 1. The standard InChI is InChI=1S/C12H20N2S2/c1-9(2)15-8-12-14-11(7-16-12)10-5-3-4-6-13-10/h7,9-10,13H,3-6,8H2,1-2H3. The number of aromatic nitrogens is 1. The van der Waals surface area contributed by atoms with Crippen molar-refractivity contribution in [2.24, 2.45) is 0 Å². The minimum absolute atomic E-state index is 0.516. The van der Waals surface area contributed by atoms with E-state index in [-0.39, 0.29) is 0 Å². The van der Waals surface area contributed by atoms with Gasteiger partial charge in [-0.15, -0.1) is 11.3 Å². The van der Waals surface area contributed by atoms with Gasteiger partial charge in [-0.3, -0.25) is 0 Å². The lowest BCUT2D eigenvalue weighted by Gasteiger charge is -2.21. The smallest absolute Gasteiger partial charge is 0.103 e. The van der Waals surface area contributed by atoms with Gasteiger partial charge in [-0.05, 0) is 24.6 Å². The van der Waals surface area contributed by atoms with Crippen LogP contribution in [0.5, 0.6) is 0 Å². The lowest BCUT2D eigenvalue weighted by molar-refractivity contribution is 0.406. The second-order valence-corrected chi connectivity index (χ2v) is 7.04. The average molecular weight is 256 g/mol. The van der Waals surface area contributed by atoms with Crippen LogP contribution in [0, 0.1) is 0 Å². The molecule has 4 heteroatoms. The van der Waals surface area contributed by atoms with E-state index in [0.717, 1.165) is 12.3 Å². The van der Waals surface area contributed by atoms with Crippen molar-refractivity contribution in [3.8, 4) is 0 Å². The van der Waals surface area contributed by atoms with Crippen molar-refractivity contribution in [1.29, 1.82) is 0 Å². The monoisotopic (exact) mass is 256 g/mol. The van der Waals surface area contributed by atoms with Crippen LogP contribution in [0.4, 0.5) is 0 Å². The normalized spacial score (nSPS) is 21.6. The molecule has 90 valence electrons. The van der Waals surface area contributed by atoms with Gasteiger partial charge in [0.2, 0.25) is 0 Å². The zero-order valence-electron chi connectivity index (χ0n) is 10.0. The van der Waals surface area contributed by atoms with Crippen LogP contribution < -0.4 is 5.32 Å². The molecule has 1 saturated heterocycles. The molecule has 1 aliphatic heterocycles. The van der Waals surface area contributed by atoms with E-state index in [1.807, 2.05) is 23.1 Å². The van der Waals surface area contributed by atoms with E-state index >= 15 is 0 Å². The van der Waals surface area contributed by atoms with E-state index < -0.39 is 0 Å². The molecule has 0 saturated carbocycles. The topological polar surface area (TPSA) is 24.9 Å². The maximum atomic E-state index is 4.74. The van der Waals surface area contributed by atoms with Crippen LogP contribution in [0.2, 0.25) is 0 Å². The Balaban J connectivity index is 1.90. The molecule has 1 unspecified atom stereocenters. The molecule has 1 aromatic rings. The van der Waals surface area contributed by atoms with Crippen molar-refractivity contribution in [3.63, 3.8) is 0 Å². The number of hydrogen-bond acceptors (Lipinski definition) is 4. The Bertz CT molecular complexity index is 317. The molecule has 2 heterocycles. The molecule has 1 atom stereocenters. The van der Waals surface area contributed by atoms with Gasteiger partial charge in [0.05, 0.1) is 11.7 Å². The Morgan fingerprint density at radius 2 is 2.44 bits per heavy atom. The first-order chi connectivity index (χ1) is 7.75. The molecule has 16 heavy (non-hydrogen) atoms. The molecule has 0 amide bonds. The number of thiazole rings is 1. The van der Waals surface area contributed by atoms with Crippen LogP contribution >= 0.6 is 23.1 Å². The number of nitrogens with zero attached hydrogens (tertiary/aromatic N) is 1. The highest BCUT2D eigenvalue weighted by molar-refractivity contribution is 7.99. The molecular formula is C12H20N2S2. The molecule has 1 N–H and O–H groups in total. The van der Waals surface area contributed by atoms with Gasteiger partial charge >= 0.3 is 0 Å². The Kier molecular flexibility index (Phi) is 4.67. The highest BCUT2D eigenvalue weighted by Crippen LogP contribution is 2.26. The first-order valence-electron chi connectivity index (χ1n) is 6.05. The largest absolute Gasteiger partial charge is 0.309 e. The van der Waals surface area contributed by atoms with E-state index in [4.69, 9.17) is 4.98 Å². The number of rotatable bonds is 4. The zero-order valence-corrected chi connectivity index (χ0v) is 11.7. The summed E-state index contributed by atoms with van der Waals surface area (Å²) in [5.41, 5.74) is 1.27. The molecular weight excluding hydrogens is 236 g/mol. The third-order valence-electron chi connectivity index (χ3n) is 2.78. The minimum Gasteiger partial charge on any atom is -0.309 e. The van der Waals surface area contributed by atoms with Gasteiger partial charge in [-0.1, -0.05) is 20.3 Å². The quantitative estimate of drug-likeness (QED) is 0.891. The van der Waals surface area contributed by atoms with Crippen molar-refractivity contribution in [2.45, 2.75) is 50.2 Å². The fraction of sp³-hybridized carbons (Fsp3) is 0.750. The predicted molar refractivity (Wildman–Crippen MR) is 73.1 cm³/mol. The molecule has 0 aliphatic carbocycles.